The van der Waals surface area contributed by atoms with Crippen molar-refractivity contribution in [3.63, 3.8) is 0 Å². The topological polar surface area (TPSA) is 77.0 Å². The van der Waals surface area contributed by atoms with E-state index < -0.39 is 11.0 Å². The van der Waals surface area contributed by atoms with Crippen molar-refractivity contribution >= 4 is 11.8 Å². The smallest absolute Gasteiger partial charge is 0.313 e. The molecule has 0 unspecified atom stereocenters. The standard InChI is InChI=1S/C18H24N4O2/c1-12-10-14(21-15(20-12)13-8-7-9-19-11-13)22-18(4,5)17(2,3)16(23)24-6/h7-11H,1-6H3,(H,20,21,22). The highest BCUT2D eigenvalue weighted by Crippen LogP contribution is 2.34. The summed E-state index contributed by atoms with van der Waals surface area (Å²) in [7, 11) is 1.40. The van der Waals surface area contributed by atoms with Crippen LogP contribution >= 0.6 is 0 Å². The molecule has 2 aromatic heterocycles. The number of carbonyl (C=O) groups excluding carboxylic acids is 1. The number of methoxy groups -OCH3 is 1. The van der Waals surface area contributed by atoms with Gasteiger partial charge in [0.1, 0.15) is 5.82 Å². The van der Waals surface area contributed by atoms with Crippen LogP contribution in [0.1, 0.15) is 33.4 Å². The van der Waals surface area contributed by atoms with Gasteiger partial charge in [0.15, 0.2) is 5.82 Å². The number of aryl methyl sites for hydroxylation is 1. The fraction of sp³-hybridized carbons (Fsp3) is 0.444. The second-order valence-electron chi connectivity index (χ2n) is 6.83. The van der Waals surface area contributed by atoms with Crippen molar-refractivity contribution in [2.24, 2.45) is 5.41 Å². The van der Waals surface area contributed by atoms with Gasteiger partial charge in [0.25, 0.3) is 0 Å². The lowest BCUT2D eigenvalue weighted by atomic mass is 9.74. The Labute approximate surface area is 142 Å². The first-order valence-electron chi connectivity index (χ1n) is 7.80. The molecule has 1 N–H and O–H groups in total. The van der Waals surface area contributed by atoms with E-state index in [9.17, 15) is 4.79 Å². The van der Waals surface area contributed by atoms with Gasteiger partial charge in [-0.1, -0.05) is 0 Å². The van der Waals surface area contributed by atoms with Crippen LogP contribution in [0.3, 0.4) is 0 Å². The van der Waals surface area contributed by atoms with Crippen molar-refractivity contribution in [2.45, 2.75) is 40.2 Å². The van der Waals surface area contributed by atoms with Gasteiger partial charge in [-0.25, -0.2) is 9.97 Å². The number of nitrogens with one attached hydrogen (secondary N) is 1. The molecule has 0 aliphatic rings. The van der Waals surface area contributed by atoms with Gasteiger partial charge in [-0.05, 0) is 46.8 Å². The Balaban J connectivity index is 2.36. The highest BCUT2D eigenvalue weighted by molar-refractivity contribution is 5.78. The van der Waals surface area contributed by atoms with Gasteiger partial charge in [-0.3, -0.25) is 9.78 Å². The van der Waals surface area contributed by atoms with Crippen LogP contribution in [-0.2, 0) is 9.53 Å². The molecule has 0 aromatic carbocycles. The van der Waals surface area contributed by atoms with Gasteiger partial charge >= 0.3 is 5.97 Å². The largest absolute Gasteiger partial charge is 0.469 e. The van der Waals surface area contributed by atoms with Crippen molar-refractivity contribution in [1.82, 2.24) is 15.0 Å². The van der Waals surface area contributed by atoms with Crippen LogP contribution in [0.5, 0.6) is 0 Å². The predicted molar refractivity (Wildman–Crippen MR) is 93.5 cm³/mol. The molecule has 0 fully saturated rings. The first kappa shape index (κ1) is 17.8. The molecule has 2 aromatic rings. The minimum absolute atomic E-state index is 0.279. The van der Waals surface area contributed by atoms with E-state index in [0.717, 1.165) is 11.3 Å². The molecule has 24 heavy (non-hydrogen) atoms. The summed E-state index contributed by atoms with van der Waals surface area (Å²) in [4.78, 5) is 25.3. The van der Waals surface area contributed by atoms with Crippen molar-refractivity contribution in [1.29, 1.82) is 0 Å². The van der Waals surface area contributed by atoms with Gasteiger partial charge in [0.05, 0.1) is 12.5 Å². The molecule has 0 atom stereocenters. The number of pyridine rings is 1. The maximum atomic E-state index is 12.1. The first-order valence-corrected chi connectivity index (χ1v) is 7.80. The summed E-state index contributed by atoms with van der Waals surface area (Å²) in [6, 6.07) is 5.61. The molecular weight excluding hydrogens is 304 g/mol. The van der Waals surface area contributed by atoms with Crippen molar-refractivity contribution in [2.75, 3.05) is 12.4 Å². The molecule has 6 nitrogen and oxygen atoms in total. The van der Waals surface area contributed by atoms with Gasteiger partial charge in [0, 0.05) is 35.3 Å². The molecule has 0 aliphatic carbocycles. The van der Waals surface area contributed by atoms with Crippen LogP contribution in [0.4, 0.5) is 5.82 Å². The SMILES string of the molecule is COC(=O)C(C)(C)C(C)(C)Nc1cc(C)nc(-c2cccnc2)n1. The summed E-state index contributed by atoms with van der Waals surface area (Å²) >= 11 is 0. The number of hydrogen-bond acceptors (Lipinski definition) is 6. The van der Waals surface area contributed by atoms with E-state index in [1.807, 2.05) is 52.8 Å². The summed E-state index contributed by atoms with van der Waals surface area (Å²) in [5, 5.41) is 3.35. The molecule has 0 bridgehead atoms. The average molecular weight is 328 g/mol. The van der Waals surface area contributed by atoms with E-state index in [-0.39, 0.29) is 5.97 Å². The number of esters is 1. The third-order valence-electron chi connectivity index (χ3n) is 4.47. The quantitative estimate of drug-likeness (QED) is 0.849. The lowest BCUT2D eigenvalue weighted by molar-refractivity contribution is -0.153. The van der Waals surface area contributed by atoms with E-state index in [4.69, 9.17) is 4.74 Å². The number of hydrogen-bond donors (Lipinski definition) is 1. The molecular formula is C18H24N4O2. The number of nitrogens with zero attached hydrogens (tertiary/aromatic N) is 3. The molecule has 0 saturated carbocycles. The summed E-state index contributed by atoms with van der Waals surface area (Å²) in [6.07, 6.45) is 3.43. The Bertz CT molecular complexity index is 727. The molecule has 128 valence electrons. The molecule has 0 amide bonds. The van der Waals surface area contributed by atoms with E-state index in [2.05, 4.69) is 20.3 Å². The predicted octanol–water partition coefficient (Wildman–Crippen LogP) is 3.24. The van der Waals surface area contributed by atoms with Crippen molar-refractivity contribution < 1.29 is 9.53 Å². The molecule has 0 aliphatic heterocycles. The van der Waals surface area contributed by atoms with Crippen LogP contribution in [0, 0.1) is 12.3 Å². The molecule has 0 spiro atoms. The van der Waals surface area contributed by atoms with E-state index in [1.54, 1.807) is 12.4 Å². The van der Waals surface area contributed by atoms with Crippen molar-refractivity contribution in [3.8, 4) is 11.4 Å². The van der Waals surface area contributed by atoms with Crippen LogP contribution in [0.25, 0.3) is 11.4 Å². The van der Waals surface area contributed by atoms with Gasteiger partial charge in [-0.15, -0.1) is 0 Å². The maximum Gasteiger partial charge on any atom is 0.313 e. The maximum absolute atomic E-state index is 12.1. The Kier molecular flexibility index (Phi) is 4.87. The van der Waals surface area contributed by atoms with Crippen molar-refractivity contribution in [3.05, 3.63) is 36.3 Å². The minimum Gasteiger partial charge on any atom is -0.469 e. The monoisotopic (exact) mass is 328 g/mol. The zero-order valence-corrected chi connectivity index (χ0v) is 15.0. The third-order valence-corrected chi connectivity index (χ3v) is 4.47. The Hall–Kier alpha value is -2.50. The van der Waals surface area contributed by atoms with E-state index in [1.165, 1.54) is 7.11 Å². The Morgan fingerprint density at radius 3 is 2.50 bits per heavy atom. The fourth-order valence-corrected chi connectivity index (χ4v) is 2.24. The van der Waals surface area contributed by atoms with E-state index >= 15 is 0 Å². The zero-order chi connectivity index (χ0) is 18.0. The summed E-state index contributed by atoms with van der Waals surface area (Å²) in [6.45, 7) is 9.51. The highest BCUT2D eigenvalue weighted by atomic mass is 16.5. The summed E-state index contributed by atoms with van der Waals surface area (Å²) in [5.41, 5.74) is 0.356. The van der Waals surface area contributed by atoms with Gasteiger partial charge < -0.3 is 10.1 Å². The van der Waals surface area contributed by atoms with Gasteiger partial charge in [-0.2, -0.15) is 0 Å². The zero-order valence-electron chi connectivity index (χ0n) is 15.0. The Morgan fingerprint density at radius 1 is 1.21 bits per heavy atom. The minimum atomic E-state index is -0.741. The second kappa shape index (κ2) is 6.55. The normalized spacial score (nSPS) is 11.9. The number of aromatic nitrogens is 3. The molecule has 2 rings (SSSR count). The molecule has 6 heteroatoms. The number of ether oxygens (including phenoxy) is 1. The van der Waals surface area contributed by atoms with E-state index in [0.29, 0.717) is 11.6 Å². The lowest BCUT2D eigenvalue weighted by Gasteiger charge is -2.40. The fourth-order valence-electron chi connectivity index (χ4n) is 2.24. The highest BCUT2D eigenvalue weighted by Gasteiger charge is 2.44. The lowest BCUT2D eigenvalue weighted by Crippen LogP contribution is -2.51. The number of carbonyl (C=O) groups is 1. The van der Waals surface area contributed by atoms with Gasteiger partial charge in [0.2, 0.25) is 0 Å². The molecule has 0 saturated heterocycles. The van der Waals surface area contributed by atoms with Crippen LogP contribution < -0.4 is 5.32 Å². The third kappa shape index (κ3) is 3.53. The summed E-state index contributed by atoms with van der Waals surface area (Å²) in [5.74, 6) is 0.971. The second-order valence-corrected chi connectivity index (χ2v) is 6.83. The number of anilines is 1. The van der Waals surface area contributed by atoms with Crippen LogP contribution in [0.2, 0.25) is 0 Å². The van der Waals surface area contributed by atoms with Crippen LogP contribution in [-0.4, -0.2) is 33.6 Å². The first-order chi connectivity index (χ1) is 11.2. The van der Waals surface area contributed by atoms with Crippen LogP contribution in [0.15, 0.2) is 30.6 Å². The summed E-state index contributed by atoms with van der Waals surface area (Å²) < 4.78 is 4.94. The Morgan fingerprint density at radius 2 is 1.92 bits per heavy atom. The number of rotatable bonds is 5. The average Bonchev–Trinajstić information content (AvgIpc) is 2.53. The molecule has 0 radical (unpaired) electrons. The molecule has 2 heterocycles.